The van der Waals surface area contributed by atoms with Crippen molar-refractivity contribution in [1.29, 1.82) is 0 Å². The van der Waals surface area contributed by atoms with Gasteiger partial charge in [0.25, 0.3) is 0 Å². The molecule has 1 atom stereocenters. The lowest BCUT2D eigenvalue weighted by molar-refractivity contribution is -0.133. The molecular formula is C16H15ClN2O2. The normalized spacial score (nSPS) is 17.9. The molecule has 1 aliphatic rings. The van der Waals surface area contributed by atoms with Crippen LogP contribution in [0.4, 0.5) is 0 Å². The third-order valence-corrected chi connectivity index (χ3v) is 3.77. The lowest BCUT2D eigenvalue weighted by atomic mass is 10.0. The highest BCUT2D eigenvalue weighted by Crippen LogP contribution is 2.33. The molecule has 0 bridgehead atoms. The molecule has 3 rings (SSSR count). The lowest BCUT2D eigenvalue weighted by Gasteiger charge is -2.18. The average Bonchev–Trinajstić information content (AvgIpc) is 3.16. The number of carbonyl (C=O) groups excluding carboxylic acids is 1. The Hall–Kier alpha value is -2.07. The second-order valence-electron chi connectivity index (χ2n) is 4.88. The predicted molar refractivity (Wildman–Crippen MR) is 81.2 cm³/mol. The van der Waals surface area contributed by atoms with Crippen molar-refractivity contribution >= 4 is 23.2 Å². The van der Waals surface area contributed by atoms with Gasteiger partial charge in [-0.25, -0.2) is 5.01 Å². The van der Waals surface area contributed by atoms with E-state index in [0.717, 1.165) is 17.0 Å². The molecule has 0 radical (unpaired) electrons. The van der Waals surface area contributed by atoms with Gasteiger partial charge in [-0.15, -0.1) is 0 Å². The first-order chi connectivity index (χ1) is 10.2. The quantitative estimate of drug-likeness (QED) is 0.859. The van der Waals surface area contributed by atoms with Crippen LogP contribution < -0.4 is 0 Å². The minimum Gasteiger partial charge on any atom is -0.467 e. The van der Waals surface area contributed by atoms with Crippen LogP contribution in [0.2, 0.25) is 5.02 Å². The van der Waals surface area contributed by atoms with Crippen LogP contribution >= 0.6 is 11.6 Å². The van der Waals surface area contributed by atoms with Crippen molar-refractivity contribution in [2.24, 2.45) is 5.10 Å². The van der Waals surface area contributed by atoms with Crippen molar-refractivity contribution in [2.75, 3.05) is 0 Å². The number of rotatable bonds is 3. The molecule has 1 unspecified atom stereocenters. The molecule has 2 aromatic rings. The minimum absolute atomic E-state index is 0.0136. The highest BCUT2D eigenvalue weighted by Gasteiger charge is 2.33. The number of hydrazone groups is 1. The zero-order valence-electron chi connectivity index (χ0n) is 11.6. The molecule has 0 aliphatic carbocycles. The number of hydrogen-bond acceptors (Lipinski definition) is 3. The maximum Gasteiger partial charge on any atom is 0.243 e. The van der Waals surface area contributed by atoms with Gasteiger partial charge in [-0.2, -0.15) is 5.10 Å². The number of nitrogens with zero attached hydrogens (tertiary/aromatic N) is 2. The van der Waals surface area contributed by atoms with Crippen LogP contribution in [0.1, 0.15) is 37.1 Å². The van der Waals surface area contributed by atoms with Gasteiger partial charge in [-0.3, -0.25) is 4.79 Å². The van der Waals surface area contributed by atoms with Crippen LogP contribution in [-0.2, 0) is 4.79 Å². The molecular weight excluding hydrogens is 288 g/mol. The number of halogens is 1. The summed E-state index contributed by atoms with van der Waals surface area (Å²) in [7, 11) is 0. The Kier molecular flexibility index (Phi) is 3.80. The molecule has 2 heterocycles. The van der Waals surface area contributed by atoms with Gasteiger partial charge in [-0.05, 0) is 29.8 Å². The summed E-state index contributed by atoms with van der Waals surface area (Å²) in [4.78, 5) is 12.1. The molecule has 1 aromatic carbocycles. The van der Waals surface area contributed by atoms with Crippen LogP contribution in [0.5, 0.6) is 0 Å². The molecule has 1 amide bonds. The Labute approximate surface area is 128 Å². The second-order valence-corrected chi connectivity index (χ2v) is 5.32. The molecule has 21 heavy (non-hydrogen) atoms. The number of furan rings is 1. The van der Waals surface area contributed by atoms with Crippen LogP contribution in [-0.4, -0.2) is 16.6 Å². The van der Waals surface area contributed by atoms with E-state index in [-0.39, 0.29) is 11.9 Å². The fourth-order valence-corrected chi connectivity index (χ4v) is 2.55. The third kappa shape index (κ3) is 2.72. The largest absolute Gasteiger partial charge is 0.467 e. The summed E-state index contributed by atoms with van der Waals surface area (Å²) in [5.41, 5.74) is 1.84. The molecule has 1 aromatic heterocycles. The number of hydrogen-bond donors (Lipinski definition) is 0. The average molecular weight is 303 g/mol. The van der Waals surface area contributed by atoms with E-state index in [0.29, 0.717) is 17.9 Å². The third-order valence-electron chi connectivity index (χ3n) is 3.52. The Balaban J connectivity index is 1.93. The second kappa shape index (κ2) is 5.74. The van der Waals surface area contributed by atoms with Crippen LogP contribution in [0.15, 0.2) is 52.2 Å². The van der Waals surface area contributed by atoms with Gasteiger partial charge in [0.05, 0.1) is 12.0 Å². The van der Waals surface area contributed by atoms with Crippen molar-refractivity contribution < 1.29 is 9.21 Å². The first-order valence-corrected chi connectivity index (χ1v) is 7.25. The Morgan fingerprint density at radius 1 is 1.38 bits per heavy atom. The summed E-state index contributed by atoms with van der Waals surface area (Å²) < 4.78 is 5.46. The SMILES string of the molecule is CCC(=O)N1N=C(c2ccc(Cl)cc2)CC1c1ccco1. The van der Waals surface area contributed by atoms with Gasteiger partial charge < -0.3 is 4.42 Å². The van der Waals surface area contributed by atoms with Crippen LogP contribution in [0.25, 0.3) is 0 Å². The molecule has 108 valence electrons. The monoisotopic (exact) mass is 302 g/mol. The van der Waals surface area contributed by atoms with Gasteiger partial charge in [0.2, 0.25) is 5.91 Å². The zero-order chi connectivity index (χ0) is 14.8. The van der Waals surface area contributed by atoms with E-state index in [1.54, 1.807) is 6.26 Å². The molecule has 0 N–H and O–H groups in total. The molecule has 1 aliphatic heterocycles. The Morgan fingerprint density at radius 2 is 2.14 bits per heavy atom. The van der Waals surface area contributed by atoms with E-state index in [2.05, 4.69) is 5.10 Å². The summed E-state index contributed by atoms with van der Waals surface area (Å²) >= 11 is 5.91. The number of benzene rings is 1. The first kappa shape index (κ1) is 13.9. The van der Waals surface area contributed by atoms with Crippen molar-refractivity contribution in [1.82, 2.24) is 5.01 Å². The van der Waals surface area contributed by atoms with Gasteiger partial charge in [0.15, 0.2) is 0 Å². The van der Waals surface area contributed by atoms with E-state index in [1.165, 1.54) is 5.01 Å². The van der Waals surface area contributed by atoms with E-state index < -0.39 is 0 Å². The van der Waals surface area contributed by atoms with E-state index >= 15 is 0 Å². The van der Waals surface area contributed by atoms with Crippen LogP contribution in [0, 0.1) is 0 Å². The summed E-state index contributed by atoms with van der Waals surface area (Å²) in [5.74, 6) is 0.741. The van der Waals surface area contributed by atoms with E-state index in [4.69, 9.17) is 16.0 Å². The molecule has 5 heteroatoms. The number of carbonyl (C=O) groups is 1. The Morgan fingerprint density at radius 3 is 2.76 bits per heavy atom. The summed E-state index contributed by atoms with van der Waals surface area (Å²) in [5, 5.41) is 6.71. The van der Waals surface area contributed by atoms with Crippen molar-refractivity contribution in [3.8, 4) is 0 Å². The maximum absolute atomic E-state index is 12.1. The predicted octanol–water partition coefficient (Wildman–Crippen LogP) is 4.02. The van der Waals surface area contributed by atoms with Crippen molar-refractivity contribution in [3.05, 3.63) is 59.0 Å². The summed E-state index contributed by atoms with van der Waals surface area (Å²) in [6.07, 6.45) is 2.67. The van der Waals surface area contributed by atoms with E-state index in [1.807, 2.05) is 43.3 Å². The first-order valence-electron chi connectivity index (χ1n) is 6.88. The van der Waals surface area contributed by atoms with Gasteiger partial charge in [0.1, 0.15) is 11.8 Å². The summed E-state index contributed by atoms with van der Waals surface area (Å²) in [6, 6.07) is 11.0. The maximum atomic E-state index is 12.1. The van der Waals surface area contributed by atoms with Crippen molar-refractivity contribution in [2.45, 2.75) is 25.8 Å². The van der Waals surface area contributed by atoms with Crippen LogP contribution in [0.3, 0.4) is 0 Å². The highest BCUT2D eigenvalue weighted by atomic mass is 35.5. The van der Waals surface area contributed by atoms with Gasteiger partial charge in [-0.1, -0.05) is 30.7 Å². The van der Waals surface area contributed by atoms with Crippen molar-refractivity contribution in [3.63, 3.8) is 0 Å². The molecule has 0 fully saturated rings. The minimum atomic E-state index is -0.168. The summed E-state index contributed by atoms with van der Waals surface area (Å²) in [6.45, 7) is 1.83. The fraction of sp³-hybridized carbons (Fsp3) is 0.250. The lowest BCUT2D eigenvalue weighted by Crippen LogP contribution is -2.25. The molecule has 0 saturated heterocycles. The molecule has 0 spiro atoms. The number of amides is 1. The van der Waals surface area contributed by atoms with Gasteiger partial charge in [0, 0.05) is 17.9 Å². The van der Waals surface area contributed by atoms with E-state index in [9.17, 15) is 4.79 Å². The topological polar surface area (TPSA) is 45.8 Å². The molecule has 0 saturated carbocycles. The Bertz CT molecular complexity index is 662. The zero-order valence-corrected chi connectivity index (χ0v) is 12.4. The standard InChI is InChI=1S/C16H15ClN2O2/c1-2-16(20)19-14(15-4-3-9-21-15)10-13(18-19)11-5-7-12(17)8-6-11/h3-9,14H,2,10H2,1H3. The highest BCUT2D eigenvalue weighted by molar-refractivity contribution is 6.30. The smallest absolute Gasteiger partial charge is 0.243 e. The molecule has 4 nitrogen and oxygen atoms in total. The van der Waals surface area contributed by atoms with Gasteiger partial charge >= 0.3 is 0 Å². The fourth-order valence-electron chi connectivity index (χ4n) is 2.42.